The number of ether oxygens (including phenoxy) is 1. The number of nitrogens with one attached hydrogen (secondary N) is 1. The van der Waals surface area contributed by atoms with Crippen LogP contribution in [0.2, 0.25) is 0 Å². The van der Waals surface area contributed by atoms with Gasteiger partial charge in [0, 0.05) is 22.6 Å². The Kier molecular flexibility index (Phi) is 6.12. The Balaban J connectivity index is 1.96. The van der Waals surface area contributed by atoms with Gasteiger partial charge in [-0.15, -0.1) is 0 Å². The molecule has 1 N–H and O–H groups in total. The number of rotatable bonds is 6. The Hall–Kier alpha value is -3.01. The SMILES string of the molecule is CCOc1c(/C(C)=C/C(=O)NC(C)c2ccccc2)cc2c(C)c(C)oc2c1C. The molecule has 29 heavy (non-hydrogen) atoms. The normalized spacial score (nSPS) is 12.8. The van der Waals surface area contributed by atoms with Crippen molar-refractivity contribution in [2.24, 2.45) is 0 Å². The summed E-state index contributed by atoms with van der Waals surface area (Å²) in [5, 5.41) is 4.10. The molecule has 4 nitrogen and oxygen atoms in total. The van der Waals surface area contributed by atoms with E-state index in [1.807, 2.05) is 65.0 Å². The van der Waals surface area contributed by atoms with Crippen molar-refractivity contribution in [3.8, 4) is 5.75 Å². The van der Waals surface area contributed by atoms with Gasteiger partial charge in [-0.05, 0) is 64.3 Å². The van der Waals surface area contributed by atoms with Crippen LogP contribution < -0.4 is 10.1 Å². The maximum Gasteiger partial charge on any atom is 0.244 e. The number of fused-ring (bicyclic) bond motifs is 1. The number of benzene rings is 2. The van der Waals surface area contributed by atoms with Gasteiger partial charge >= 0.3 is 0 Å². The molecular formula is C25H29NO3. The van der Waals surface area contributed by atoms with Gasteiger partial charge in [0.1, 0.15) is 17.1 Å². The number of allylic oxidation sites excluding steroid dienone is 1. The molecule has 2 aromatic carbocycles. The van der Waals surface area contributed by atoms with Crippen molar-refractivity contribution in [2.45, 2.75) is 47.6 Å². The lowest BCUT2D eigenvalue weighted by molar-refractivity contribution is -0.117. The van der Waals surface area contributed by atoms with Gasteiger partial charge in [-0.3, -0.25) is 4.79 Å². The highest BCUT2D eigenvalue weighted by atomic mass is 16.5. The van der Waals surface area contributed by atoms with Gasteiger partial charge in [-0.1, -0.05) is 30.3 Å². The molecule has 152 valence electrons. The summed E-state index contributed by atoms with van der Waals surface area (Å²) in [6.45, 7) is 12.5. The second-order valence-corrected chi connectivity index (χ2v) is 7.44. The van der Waals surface area contributed by atoms with Crippen LogP contribution in [0.25, 0.3) is 16.5 Å². The van der Waals surface area contributed by atoms with E-state index in [1.165, 1.54) is 0 Å². The maximum absolute atomic E-state index is 12.7. The predicted octanol–water partition coefficient (Wildman–Crippen LogP) is 6.04. The molecule has 0 fully saturated rings. The summed E-state index contributed by atoms with van der Waals surface area (Å²) in [5.41, 5.74) is 5.77. The van der Waals surface area contributed by atoms with Crippen molar-refractivity contribution in [1.29, 1.82) is 0 Å². The molecule has 4 heteroatoms. The molecule has 1 unspecified atom stereocenters. The molecule has 1 heterocycles. The van der Waals surface area contributed by atoms with Crippen LogP contribution in [-0.4, -0.2) is 12.5 Å². The lowest BCUT2D eigenvalue weighted by atomic mass is 9.98. The van der Waals surface area contributed by atoms with Crippen LogP contribution in [0, 0.1) is 20.8 Å². The third-order valence-electron chi connectivity index (χ3n) is 5.37. The second kappa shape index (κ2) is 8.56. The number of amides is 1. The fraction of sp³-hybridized carbons (Fsp3) is 0.320. The summed E-state index contributed by atoms with van der Waals surface area (Å²) >= 11 is 0. The topological polar surface area (TPSA) is 51.5 Å². The Morgan fingerprint density at radius 2 is 1.86 bits per heavy atom. The van der Waals surface area contributed by atoms with E-state index in [4.69, 9.17) is 9.15 Å². The molecule has 1 atom stereocenters. The molecule has 0 saturated carbocycles. The van der Waals surface area contributed by atoms with E-state index in [0.29, 0.717) is 6.61 Å². The van der Waals surface area contributed by atoms with Crippen molar-refractivity contribution in [2.75, 3.05) is 6.61 Å². The summed E-state index contributed by atoms with van der Waals surface area (Å²) in [6.07, 6.45) is 1.64. The molecule has 0 aliphatic carbocycles. The number of furan rings is 1. The van der Waals surface area contributed by atoms with Gasteiger partial charge in [0.15, 0.2) is 0 Å². The first kappa shape index (κ1) is 20.7. The minimum Gasteiger partial charge on any atom is -0.493 e. The minimum absolute atomic E-state index is 0.0675. The van der Waals surface area contributed by atoms with E-state index in [-0.39, 0.29) is 11.9 Å². The minimum atomic E-state index is -0.126. The molecule has 1 amide bonds. The first-order valence-corrected chi connectivity index (χ1v) is 10.0. The summed E-state index contributed by atoms with van der Waals surface area (Å²) in [7, 11) is 0. The summed E-state index contributed by atoms with van der Waals surface area (Å²) < 4.78 is 11.9. The van der Waals surface area contributed by atoms with Gasteiger partial charge in [-0.25, -0.2) is 0 Å². The van der Waals surface area contributed by atoms with E-state index >= 15 is 0 Å². The maximum atomic E-state index is 12.7. The molecule has 0 aliphatic rings. The number of carbonyl (C=O) groups is 1. The molecular weight excluding hydrogens is 362 g/mol. The van der Waals surface area contributed by atoms with Gasteiger partial charge in [0.2, 0.25) is 5.91 Å². The molecule has 0 radical (unpaired) electrons. The predicted molar refractivity (Wildman–Crippen MR) is 118 cm³/mol. The van der Waals surface area contributed by atoms with Gasteiger partial charge in [0.05, 0.1) is 12.6 Å². The standard InChI is InChI=1S/C25H29NO3/c1-7-28-24-17(4)25-22(16(3)19(6)29-25)14-21(24)15(2)13-23(27)26-18(5)20-11-9-8-10-12-20/h8-14,18H,7H2,1-6H3,(H,26,27)/b15-13+. The highest BCUT2D eigenvalue weighted by molar-refractivity contribution is 5.98. The summed E-state index contributed by atoms with van der Waals surface area (Å²) in [4.78, 5) is 12.7. The van der Waals surface area contributed by atoms with Gasteiger partial charge < -0.3 is 14.5 Å². The zero-order valence-corrected chi connectivity index (χ0v) is 18.1. The Labute approximate surface area is 172 Å². The molecule has 1 aromatic heterocycles. The largest absolute Gasteiger partial charge is 0.493 e. The number of hydrogen-bond donors (Lipinski definition) is 1. The third-order valence-corrected chi connectivity index (χ3v) is 5.37. The summed E-state index contributed by atoms with van der Waals surface area (Å²) in [5.74, 6) is 1.55. The van der Waals surface area contributed by atoms with Crippen molar-refractivity contribution in [3.63, 3.8) is 0 Å². The lowest BCUT2D eigenvalue weighted by Crippen LogP contribution is -2.24. The van der Waals surface area contributed by atoms with Crippen molar-refractivity contribution < 1.29 is 13.9 Å². The van der Waals surface area contributed by atoms with Crippen LogP contribution in [0.3, 0.4) is 0 Å². The van der Waals surface area contributed by atoms with Crippen LogP contribution in [0.1, 0.15) is 54.8 Å². The van der Waals surface area contributed by atoms with E-state index in [1.54, 1.807) is 6.08 Å². The average Bonchev–Trinajstić information content (AvgIpc) is 2.99. The molecule has 0 spiro atoms. The fourth-order valence-electron chi connectivity index (χ4n) is 3.59. The first-order chi connectivity index (χ1) is 13.8. The molecule has 3 aromatic rings. The monoisotopic (exact) mass is 391 g/mol. The van der Waals surface area contributed by atoms with Crippen LogP contribution in [0.4, 0.5) is 0 Å². The zero-order valence-electron chi connectivity index (χ0n) is 18.1. The highest BCUT2D eigenvalue weighted by Gasteiger charge is 2.19. The first-order valence-electron chi connectivity index (χ1n) is 10.0. The van der Waals surface area contributed by atoms with Crippen LogP contribution in [-0.2, 0) is 4.79 Å². The quantitative estimate of drug-likeness (QED) is 0.521. The van der Waals surface area contributed by atoms with Crippen molar-refractivity contribution >= 4 is 22.4 Å². The molecule has 0 aliphatic heterocycles. The smallest absolute Gasteiger partial charge is 0.244 e. The van der Waals surface area contributed by atoms with E-state index in [9.17, 15) is 4.79 Å². The van der Waals surface area contributed by atoms with E-state index in [0.717, 1.165) is 50.3 Å². The average molecular weight is 392 g/mol. The van der Waals surface area contributed by atoms with Gasteiger partial charge in [0.25, 0.3) is 0 Å². The number of hydrogen-bond acceptors (Lipinski definition) is 3. The number of carbonyl (C=O) groups excluding carboxylic acids is 1. The van der Waals surface area contributed by atoms with Crippen LogP contribution >= 0.6 is 0 Å². The molecule has 3 rings (SSSR count). The van der Waals surface area contributed by atoms with Crippen LogP contribution in [0.15, 0.2) is 46.9 Å². The second-order valence-electron chi connectivity index (χ2n) is 7.44. The number of aryl methyl sites for hydroxylation is 3. The van der Waals surface area contributed by atoms with E-state index in [2.05, 4.69) is 18.3 Å². The third kappa shape index (κ3) is 4.21. The summed E-state index contributed by atoms with van der Waals surface area (Å²) in [6, 6.07) is 11.9. The highest BCUT2D eigenvalue weighted by Crippen LogP contribution is 2.38. The Bertz CT molecular complexity index is 1060. The van der Waals surface area contributed by atoms with Gasteiger partial charge in [-0.2, -0.15) is 0 Å². The lowest BCUT2D eigenvalue weighted by Gasteiger charge is -2.16. The Morgan fingerprint density at radius 1 is 1.17 bits per heavy atom. The Morgan fingerprint density at radius 3 is 2.52 bits per heavy atom. The van der Waals surface area contributed by atoms with E-state index < -0.39 is 0 Å². The van der Waals surface area contributed by atoms with Crippen molar-refractivity contribution in [3.05, 3.63) is 70.5 Å². The zero-order chi connectivity index (χ0) is 21.1. The molecule has 0 saturated heterocycles. The molecule has 0 bridgehead atoms. The van der Waals surface area contributed by atoms with Crippen LogP contribution in [0.5, 0.6) is 5.75 Å². The fourth-order valence-corrected chi connectivity index (χ4v) is 3.59. The van der Waals surface area contributed by atoms with Crippen molar-refractivity contribution in [1.82, 2.24) is 5.32 Å².